The number of rotatable bonds is 8. The van der Waals surface area contributed by atoms with Crippen molar-refractivity contribution in [1.82, 2.24) is 20.4 Å². The summed E-state index contributed by atoms with van der Waals surface area (Å²) in [6.07, 6.45) is 6.05. The van der Waals surface area contributed by atoms with Crippen molar-refractivity contribution in [2.24, 2.45) is 4.99 Å². The average molecular weight is 331 g/mol. The van der Waals surface area contributed by atoms with E-state index in [9.17, 15) is 0 Å². The van der Waals surface area contributed by atoms with Crippen molar-refractivity contribution in [3.05, 3.63) is 53.9 Å². The molecule has 2 N–H and O–H groups in total. The van der Waals surface area contributed by atoms with Gasteiger partial charge in [-0.25, -0.2) is 4.99 Å². The fraction of sp³-hybridized carbons (Fsp3) is 0.412. The van der Waals surface area contributed by atoms with Crippen LogP contribution in [0.2, 0.25) is 0 Å². The second-order valence-electron chi connectivity index (χ2n) is 5.15. The van der Waals surface area contributed by atoms with Gasteiger partial charge in [0.05, 0.1) is 19.3 Å². The minimum absolute atomic E-state index is 0.628. The molecule has 2 rings (SSSR count). The van der Waals surface area contributed by atoms with E-state index in [-0.39, 0.29) is 0 Å². The lowest BCUT2D eigenvalue weighted by Gasteiger charge is -2.10. The van der Waals surface area contributed by atoms with Crippen LogP contribution in [0.1, 0.15) is 18.1 Å². The Balaban J connectivity index is 1.90. The molecule has 0 bridgehead atoms. The smallest absolute Gasteiger partial charge is 0.191 e. The second-order valence-corrected chi connectivity index (χ2v) is 6.13. The van der Waals surface area contributed by atoms with Crippen LogP contribution >= 0.6 is 11.8 Å². The van der Waals surface area contributed by atoms with Gasteiger partial charge >= 0.3 is 0 Å². The molecule has 1 aromatic heterocycles. The van der Waals surface area contributed by atoms with Crippen molar-refractivity contribution >= 4 is 17.7 Å². The lowest BCUT2D eigenvalue weighted by atomic mass is 10.2. The molecule has 124 valence electrons. The zero-order chi connectivity index (χ0) is 16.3. The van der Waals surface area contributed by atoms with Crippen molar-refractivity contribution in [2.75, 3.05) is 25.1 Å². The Morgan fingerprint density at radius 3 is 2.78 bits per heavy atom. The first-order chi connectivity index (χ1) is 11.3. The normalized spacial score (nSPS) is 11.5. The zero-order valence-electron chi connectivity index (χ0n) is 13.8. The van der Waals surface area contributed by atoms with Gasteiger partial charge in [0.1, 0.15) is 0 Å². The van der Waals surface area contributed by atoms with Gasteiger partial charge in [0.15, 0.2) is 5.96 Å². The van der Waals surface area contributed by atoms with Gasteiger partial charge in [0.2, 0.25) is 0 Å². The average Bonchev–Trinajstić information content (AvgIpc) is 3.01. The molecule has 0 aliphatic heterocycles. The standard InChI is InChI=1S/C17H25N5S/c1-3-18-17(19-9-10-23-2)20-11-16-12-21-22(14-16)13-15-7-5-4-6-8-15/h4-8,12,14H,3,9-11,13H2,1-2H3,(H2,18,19,20). The molecular weight excluding hydrogens is 306 g/mol. The number of aromatic nitrogens is 2. The van der Waals surface area contributed by atoms with Crippen LogP contribution in [-0.2, 0) is 13.1 Å². The highest BCUT2D eigenvalue weighted by Crippen LogP contribution is 2.05. The van der Waals surface area contributed by atoms with Crippen LogP contribution < -0.4 is 10.6 Å². The molecule has 23 heavy (non-hydrogen) atoms. The maximum Gasteiger partial charge on any atom is 0.191 e. The maximum atomic E-state index is 4.61. The molecule has 0 saturated carbocycles. The molecule has 1 heterocycles. The molecule has 0 saturated heterocycles. The Bertz CT molecular complexity index is 594. The van der Waals surface area contributed by atoms with Gasteiger partial charge in [-0.1, -0.05) is 30.3 Å². The van der Waals surface area contributed by atoms with Crippen LogP contribution in [0, 0.1) is 0 Å². The van der Waals surface area contributed by atoms with E-state index in [1.54, 1.807) is 0 Å². The molecule has 0 spiro atoms. The Labute approximate surface area is 142 Å². The number of benzene rings is 1. The number of guanidine groups is 1. The summed E-state index contributed by atoms with van der Waals surface area (Å²) < 4.78 is 1.95. The molecule has 0 amide bonds. The highest BCUT2D eigenvalue weighted by atomic mass is 32.2. The van der Waals surface area contributed by atoms with Crippen LogP contribution in [0.3, 0.4) is 0 Å². The number of hydrogen-bond donors (Lipinski definition) is 2. The van der Waals surface area contributed by atoms with Gasteiger partial charge in [-0.05, 0) is 18.7 Å². The summed E-state index contributed by atoms with van der Waals surface area (Å²) in [5, 5.41) is 11.0. The summed E-state index contributed by atoms with van der Waals surface area (Å²) in [4.78, 5) is 4.61. The number of nitrogens with one attached hydrogen (secondary N) is 2. The number of thioether (sulfide) groups is 1. The monoisotopic (exact) mass is 331 g/mol. The minimum atomic E-state index is 0.628. The first-order valence-corrected chi connectivity index (χ1v) is 9.27. The van der Waals surface area contributed by atoms with Gasteiger partial charge < -0.3 is 10.6 Å². The molecule has 0 unspecified atom stereocenters. The summed E-state index contributed by atoms with van der Waals surface area (Å²) in [6, 6.07) is 10.3. The highest BCUT2D eigenvalue weighted by molar-refractivity contribution is 7.98. The zero-order valence-corrected chi connectivity index (χ0v) is 14.6. The van der Waals surface area contributed by atoms with Crippen LogP contribution in [0.4, 0.5) is 0 Å². The van der Waals surface area contributed by atoms with E-state index >= 15 is 0 Å². The Morgan fingerprint density at radius 1 is 1.22 bits per heavy atom. The molecule has 0 fully saturated rings. The third-order valence-corrected chi connectivity index (χ3v) is 3.85. The molecule has 0 atom stereocenters. The molecular formula is C17H25N5S. The first kappa shape index (κ1) is 17.4. The number of nitrogens with zero attached hydrogens (tertiary/aromatic N) is 3. The summed E-state index contributed by atoms with van der Waals surface area (Å²) in [6.45, 7) is 5.27. The minimum Gasteiger partial charge on any atom is -0.357 e. The summed E-state index contributed by atoms with van der Waals surface area (Å²) >= 11 is 1.82. The third kappa shape index (κ3) is 6.36. The molecule has 1 aromatic carbocycles. The SMILES string of the molecule is CCNC(=NCc1cnn(Cc2ccccc2)c1)NCCSC. The van der Waals surface area contributed by atoms with E-state index < -0.39 is 0 Å². The van der Waals surface area contributed by atoms with Crippen molar-refractivity contribution in [1.29, 1.82) is 0 Å². The third-order valence-electron chi connectivity index (χ3n) is 3.24. The first-order valence-electron chi connectivity index (χ1n) is 7.88. The van der Waals surface area contributed by atoms with Crippen molar-refractivity contribution < 1.29 is 0 Å². The Kier molecular flexibility index (Phi) is 7.52. The van der Waals surface area contributed by atoms with Crippen molar-refractivity contribution in [2.45, 2.75) is 20.0 Å². The number of aliphatic imine (C=N–C) groups is 1. The molecule has 2 aromatic rings. The predicted molar refractivity (Wildman–Crippen MR) is 99.0 cm³/mol. The molecule has 6 heteroatoms. The Hall–Kier alpha value is -1.95. The van der Waals surface area contributed by atoms with Crippen LogP contribution in [0.5, 0.6) is 0 Å². The quantitative estimate of drug-likeness (QED) is 0.443. The Morgan fingerprint density at radius 2 is 2.04 bits per heavy atom. The molecule has 0 radical (unpaired) electrons. The lowest BCUT2D eigenvalue weighted by molar-refractivity contribution is 0.686. The van der Waals surface area contributed by atoms with Crippen LogP contribution in [0.15, 0.2) is 47.7 Å². The largest absolute Gasteiger partial charge is 0.357 e. The van der Waals surface area contributed by atoms with Gasteiger partial charge in [-0.3, -0.25) is 4.68 Å². The van der Waals surface area contributed by atoms with Gasteiger partial charge in [0, 0.05) is 30.6 Å². The van der Waals surface area contributed by atoms with Crippen LogP contribution in [0.25, 0.3) is 0 Å². The van der Waals surface area contributed by atoms with Gasteiger partial charge in [-0.2, -0.15) is 16.9 Å². The number of hydrogen-bond acceptors (Lipinski definition) is 3. The lowest BCUT2D eigenvalue weighted by Crippen LogP contribution is -2.38. The van der Waals surface area contributed by atoms with E-state index in [0.29, 0.717) is 6.54 Å². The molecule has 0 aliphatic rings. The van der Waals surface area contributed by atoms with Gasteiger partial charge in [-0.15, -0.1) is 0 Å². The van der Waals surface area contributed by atoms with E-state index in [4.69, 9.17) is 0 Å². The summed E-state index contributed by atoms with van der Waals surface area (Å²) in [5.41, 5.74) is 2.36. The molecule has 5 nitrogen and oxygen atoms in total. The summed E-state index contributed by atoms with van der Waals surface area (Å²) in [5.74, 6) is 1.93. The second kappa shape index (κ2) is 9.94. The fourth-order valence-corrected chi connectivity index (χ4v) is 2.43. The van der Waals surface area contributed by atoms with E-state index in [2.05, 4.69) is 52.2 Å². The fourth-order valence-electron chi connectivity index (χ4n) is 2.13. The topological polar surface area (TPSA) is 54.2 Å². The summed E-state index contributed by atoms with van der Waals surface area (Å²) in [7, 11) is 0. The van der Waals surface area contributed by atoms with Crippen molar-refractivity contribution in [3.8, 4) is 0 Å². The van der Waals surface area contributed by atoms with Crippen molar-refractivity contribution in [3.63, 3.8) is 0 Å². The highest BCUT2D eigenvalue weighted by Gasteiger charge is 2.01. The predicted octanol–water partition coefficient (Wildman–Crippen LogP) is 2.35. The van der Waals surface area contributed by atoms with E-state index in [1.165, 1.54) is 5.56 Å². The van der Waals surface area contributed by atoms with Crippen LogP contribution in [-0.4, -0.2) is 40.8 Å². The van der Waals surface area contributed by atoms with E-state index in [1.807, 2.05) is 40.8 Å². The maximum absolute atomic E-state index is 4.61. The molecule has 0 aliphatic carbocycles. The van der Waals surface area contributed by atoms with E-state index in [0.717, 1.165) is 36.9 Å². The van der Waals surface area contributed by atoms with Gasteiger partial charge in [0.25, 0.3) is 0 Å².